The van der Waals surface area contributed by atoms with Gasteiger partial charge in [0.05, 0.1) is 17.4 Å². The molecule has 2 aromatic rings. The zero-order chi connectivity index (χ0) is 16.7. The lowest BCUT2D eigenvalue weighted by Gasteiger charge is -2.07. The summed E-state index contributed by atoms with van der Waals surface area (Å²) in [5.74, 6) is -0.114. The number of benzene rings is 2. The average molecular weight is 325 g/mol. The van der Waals surface area contributed by atoms with Crippen molar-refractivity contribution in [2.45, 2.75) is 4.90 Å². The molecule has 0 aliphatic heterocycles. The van der Waals surface area contributed by atoms with E-state index in [1.54, 1.807) is 43.4 Å². The highest BCUT2D eigenvalue weighted by Crippen LogP contribution is 2.19. The first kappa shape index (κ1) is 16.6. The molecule has 0 radical (unpaired) electrons. The topological polar surface area (TPSA) is 82.0 Å². The van der Waals surface area contributed by atoms with Crippen LogP contribution in [0.1, 0.15) is 15.9 Å². The first-order valence-corrected chi connectivity index (χ1v) is 7.86. The van der Waals surface area contributed by atoms with Gasteiger partial charge in [-0.15, -0.1) is 11.8 Å². The molecule has 0 saturated carbocycles. The van der Waals surface area contributed by atoms with E-state index in [-0.39, 0.29) is 17.6 Å². The predicted molar refractivity (Wildman–Crippen MR) is 90.3 cm³/mol. The highest BCUT2D eigenvalue weighted by atomic mass is 32.2. The quantitative estimate of drug-likeness (QED) is 0.828. The SMILES string of the molecule is CNC(=O)c1cccc(NC(=O)CSc2ccc(C#N)cc2)c1. The first-order chi connectivity index (χ1) is 11.1. The van der Waals surface area contributed by atoms with Crippen LogP contribution in [0.5, 0.6) is 0 Å². The zero-order valence-electron chi connectivity index (χ0n) is 12.5. The lowest BCUT2D eigenvalue weighted by Crippen LogP contribution is -2.18. The minimum atomic E-state index is -0.201. The van der Waals surface area contributed by atoms with Crippen molar-refractivity contribution in [3.8, 4) is 6.07 Å². The Hall–Kier alpha value is -2.78. The number of amides is 2. The van der Waals surface area contributed by atoms with E-state index >= 15 is 0 Å². The van der Waals surface area contributed by atoms with E-state index in [1.165, 1.54) is 11.8 Å². The van der Waals surface area contributed by atoms with Crippen LogP contribution in [-0.2, 0) is 4.79 Å². The molecule has 2 N–H and O–H groups in total. The molecule has 0 heterocycles. The number of rotatable bonds is 5. The number of nitriles is 1. The Labute approximate surface area is 138 Å². The highest BCUT2D eigenvalue weighted by molar-refractivity contribution is 8.00. The maximum absolute atomic E-state index is 12.0. The number of hydrogen-bond acceptors (Lipinski definition) is 4. The van der Waals surface area contributed by atoms with Crippen LogP contribution in [0.3, 0.4) is 0 Å². The molecular weight excluding hydrogens is 310 g/mol. The minimum Gasteiger partial charge on any atom is -0.355 e. The summed E-state index contributed by atoms with van der Waals surface area (Å²) in [6.45, 7) is 0. The summed E-state index contributed by atoms with van der Waals surface area (Å²) >= 11 is 1.38. The number of nitrogens with one attached hydrogen (secondary N) is 2. The first-order valence-electron chi connectivity index (χ1n) is 6.87. The van der Waals surface area contributed by atoms with Gasteiger partial charge in [-0.1, -0.05) is 6.07 Å². The molecule has 2 rings (SSSR count). The van der Waals surface area contributed by atoms with E-state index in [4.69, 9.17) is 5.26 Å². The maximum Gasteiger partial charge on any atom is 0.251 e. The fraction of sp³-hybridized carbons (Fsp3) is 0.118. The monoisotopic (exact) mass is 325 g/mol. The van der Waals surface area contributed by atoms with Gasteiger partial charge in [0.1, 0.15) is 0 Å². The van der Waals surface area contributed by atoms with Gasteiger partial charge in [0, 0.05) is 23.2 Å². The second-order valence-corrected chi connectivity index (χ2v) is 5.68. The maximum atomic E-state index is 12.0. The van der Waals surface area contributed by atoms with Gasteiger partial charge in [-0.2, -0.15) is 5.26 Å². The number of nitrogens with zero attached hydrogens (tertiary/aromatic N) is 1. The van der Waals surface area contributed by atoms with Crippen molar-refractivity contribution < 1.29 is 9.59 Å². The van der Waals surface area contributed by atoms with Crippen molar-refractivity contribution in [3.63, 3.8) is 0 Å². The molecule has 2 amide bonds. The summed E-state index contributed by atoms with van der Waals surface area (Å²) in [6.07, 6.45) is 0. The lowest BCUT2D eigenvalue weighted by atomic mass is 10.2. The van der Waals surface area contributed by atoms with Crippen molar-refractivity contribution in [1.29, 1.82) is 5.26 Å². The number of carbonyl (C=O) groups excluding carboxylic acids is 2. The predicted octanol–water partition coefficient (Wildman–Crippen LogP) is 2.65. The van der Waals surface area contributed by atoms with Gasteiger partial charge < -0.3 is 10.6 Å². The molecule has 116 valence electrons. The van der Waals surface area contributed by atoms with Gasteiger partial charge in [-0.25, -0.2) is 0 Å². The molecule has 0 unspecified atom stereocenters. The molecule has 0 aliphatic rings. The third kappa shape index (κ3) is 4.87. The summed E-state index contributed by atoms with van der Waals surface area (Å²) < 4.78 is 0. The lowest BCUT2D eigenvalue weighted by molar-refractivity contribution is -0.113. The highest BCUT2D eigenvalue weighted by Gasteiger charge is 2.07. The molecule has 2 aromatic carbocycles. The summed E-state index contributed by atoms with van der Waals surface area (Å²) in [4.78, 5) is 24.5. The smallest absolute Gasteiger partial charge is 0.251 e. The normalized spacial score (nSPS) is 9.74. The van der Waals surface area contributed by atoms with Crippen LogP contribution in [0, 0.1) is 11.3 Å². The Kier molecular flexibility index (Phi) is 5.78. The van der Waals surface area contributed by atoms with Gasteiger partial charge in [0.25, 0.3) is 5.91 Å². The van der Waals surface area contributed by atoms with Crippen LogP contribution >= 0.6 is 11.8 Å². The van der Waals surface area contributed by atoms with Crippen LogP contribution in [-0.4, -0.2) is 24.6 Å². The Morgan fingerprint density at radius 1 is 1.17 bits per heavy atom. The molecular formula is C17H15N3O2S. The summed E-state index contributed by atoms with van der Waals surface area (Å²) in [6, 6.07) is 15.9. The average Bonchev–Trinajstić information content (AvgIpc) is 2.60. The van der Waals surface area contributed by atoms with Gasteiger partial charge in [-0.3, -0.25) is 9.59 Å². The molecule has 0 bridgehead atoms. The number of thioether (sulfide) groups is 1. The third-order valence-corrected chi connectivity index (χ3v) is 4.00. The second-order valence-electron chi connectivity index (χ2n) is 4.63. The summed E-state index contributed by atoms with van der Waals surface area (Å²) in [5, 5.41) is 14.0. The Morgan fingerprint density at radius 2 is 1.91 bits per heavy atom. The van der Waals surface area contributed by atoms with Gasteiger partial charge in [0.2, 0.25) is 5.91 Å². The largest absolute Gasteiger partial charge is 0.355 e. The van der Waals surface area contributed by atoms with E-state index in [1.807, 2.05) is 18.2 Å². The summed E-state index contributed by atoms with van der Waals surface area (Å²) in [5.41, 5.74) is 1.66. The van der Waals surface area contributed by atoms with Gasteiger partial charge in [-0.05, 0) is 42.5 Å². The van der Waals surface area contributed by atoms with Crippen molar-refractivity contribution in [1.82, 2.24) is 5.32 Å². The van der Waals surface area contributed by atoms with E-state index in [0.29, 0.717) is 16.8 Å². The molecule has 5 nitrogen and oxygen atoms in total. The van der Waals surface area contributed by atoms with Crippen molar-refractivity contribution >= 4 is 29.3 Å². The van der Waals surface area contributed by atoms with E-state index in [0.717, 1.165) is 4.90 Å². The fourth-order valence-corrected chi connectivity index (χ4v) is 2.55. The minimum absolute atomic E-state index is 0.159. The van der Waals surface area contributed by atoms with Gasteiger partial charge in [0.15, 0.2) is 0 Å². The fourth-order valence-electron chi connectivity index (χ4n) is 1.85. The molecule has 0 fully saturated rings. The zero-order valence-corrected chi connectivity index (χ0v) is 13.3. The second kappa shape index (κ2) is 8.01. The van der Waals surface area contributed by atoms with E-state index in [9.17, 15) is 9.59 Å². The molecule has 0 aromatic heterocycles. The molecule has 0 atom stereocenters. The molecule has 23 heavy (non-hydrogen) atoms. The number of anilines is 1. The Balaban J connectivity index is 1.91. The third-order valence-electron chi connectivity index (χ3n) is 2.99. The van der Waals surface area contributed by atoms with Crippen LogP contribution in [0.25, 0.3) is 0 Å². The van der Waals surface area contributed by atoms with Crippen molar-refractivity contribution in [2.24, 2.45) is 0 Å². The van der Waals surface area contributed by atoms with Crippen molar-refractivity contribution in [2.75, 3.05) is 18.1 Å². The van der Waals surface area contributed by atoms with Crippen molar-refractivity contribution in [3.05, 3.63) is 59.7 Å². The van der Waals surface area contributed by atoms with E-state index < -0.39 is 0 Å². The number of hydrogen-bond donors (Lipinski definition) is 2. The van der Waals surface area contributed by atoms with E-state index in [2.05, 4.69) is 10.6 Å². The molecule has 6 heteroatoms. The molecule has 0 saturated heterocycles. The molecule has 0 spiro atoms. The Morgan fingerprint density at radius 3 is 2.57 bits per heavy atom. The number of carbonyl (C=O) groups is 2. The molecule has 0 aliphatic carbocycles. The van der Waals surface area contributed by atoms with Crippen LogP contribution in [0.2, 0.25) is 0 Å². The van der Waals surface area contributed by atoms with Crippen LogP contribution in [0.15, 0.2) is 53.4 Å². The van der Waals surface area contributed by atoms with Crippen LogP contribution < -0.4 is 10.6 Å². The summed E-state index contributed by atoms with van der Waals surface area (Å²) in [7, 11) is 1.56. The standard InChI is InChI=1S/C17H15N3O2S/c1-19-17(22)13-3-2-4-14(9-13)20-16(21)11-23-15-7-5-12(10-18)6-8-15/h2-9H,11H2,1H3,(H,19,22)(H,20,21). The van der Waals surface area contributed by atoms with Gasteiger partial charge >= 0.3 is 0 Å². The van der Waals surface area contributed by atoms with Crippen LogP contribution in [0.4, 0.5) is 5.69 Å². The Bertz CT molecular complexity index is 751.